The average Bonchev–Trinajstić information content (AvgIpc) is 3.12. The van der Waals surface area contributed by atoms with E-state index in [0.29, 0.717) is 0 Å². The molecule has 2 heterocycles. The second-order valence-corrected chi connectivity index (χ2v) is 5.84. The van der Waals surface area contributed by atoms with Gasteiger partial charge in [0.25, 0.3) is 0 Å². The average molecular weight is 290 g/mol. The molecule has 0 fully saturated rings. The maximum atomic E-state index is 2.30. The zero-order valence-electron chi connectivity index (χ0n) is 13.6. The van der Waals surface area contributed by atoms with Crippen LogP contribution in [0.2, 0.25) is 0 Å². The molecule has 0 N–H and O–H groups in total. The van der Waals surface area contributed by atoms with Gasteiger partial charge in [-0.2, -0.15) is 0 Å². The van der Waals surface area contributed by atoms with Gasteiger partial charge in [-0.05, 0) is 12.8 Å². The molecular formula is C17H30N4+2. The molecule has 0 aliphatic carbocycles. The third kappa shape index (κ3) is 5.37. The first kappa shape index (κ1) is 15.8. The molecule has 0 aliphatic rings. The molecule has 2 aromatic rings. The molecular weight excluding hydrogens is 260 g/mol. The molecule has 2 aromatic heterocycles. The topological polar surface area (TPSA) is 17.6 Å². The number of aromatic nitrogens is 4. The summed E-state index contributed by atoms with van der Waals surface area (Å²) < 4.78 is 9.17. The lowest BCUT2D eigenvalue weighted by Gasteiger charge is -1.96. The quantitative estimate of drug-likeness (QED) is 0.599. The third-order valence-electron chi connectivity index (χ3n) is 3.86. The van der Waals surface area contributed by atoms with Crippen molar-refractivity contribution in [3.05, 3.63) is 37.4 Å². The first-order chi connectivity index (χ1) is 10.3. The van der Waals surface area contributed by atoms with E-state index in [4.69, 9.17) is 0 Å². The van der Waals surface area contributed by atoms with Gasteiger partial charge in [0, 0.05) is 6.42 Å². The second kappa shape index (κ2) is 8.65. The van der Waals surface area contributed by atoms with Gasteiger partial charge in [0.05, 0.1) is 26.2 Å². The first-order valence-electron chi connectivity index (χ1n) is 8.41. The van der Waals surface area contributed by atoms with Crippen molar-refractivity contribution in [1.82, 2.24) is 9.13 Å². The first-order valence-corrected chi connectivity index (χ1v) is 8.41. The Labute approximate surface area is 128 Å². The van der Waals surface area contributed by atoms with E-state index in [0.717, 1.165) is 26.2 Å². The normalized spacial score (nSPS) is 11.1. The summed E-state index contributed by atoms with van der Waals surface area (Å²) in [4.78, 5) is 0. The van der Waals surface area contributed by atoms with Gasteiger partial charge in [-0.3, -0.25) is 0 Å². The van der Waals surface area contributed by atoms with Crippen LogP contribution in [0.1, 0.15) is 46.0 Å². The van der Waals surface area contributed by atoms with Crippen LogP contribution in [-0.4, -0.2) is 9.13 Å². The molecule has 0 unspecified atom stereocenters. The summed E-state index contributed by atoms with van der Waals surface area (Å²) in [5, 5.41) is 0. The van der Waals surface area contributed by atoms with Crippen LogP contribution in [0.15, 0.2) is 37.4 Å². The number of unbranched alkanes of at least 4 members (excludes halogenated alkanes) is 2. The number of nitrogens with zero attached hydrogens (tertiary/aromatic N) is 4. The van der Waals surface area contributed by atoms with Crippen molar-refractivity contribution in [2.75, 3.05) is 0 Å². The van der Waals surface area contributed by atoms with E-state index >= 15 is 0 Å². The molecule has 21 heavy (non-hydrogen) atoms. The molecule has 0 aliphatic heterocycles. The number of imidazole rings is 2. The van der Waals surface area contributed by atoms with Gasteiger partial charge in [-0.15, -0.1) is 0 Å². The van der Waals surface area contributed by atoms with Gasteiger partial charge in [0.1, 0.15) is 24.8 Å². The van der Waals surface area contributed by atoms with Crippen LogP contribution < -0.4 is 9.13 Å². The number of aryl methyl sites for hydroxylation is 4. The predicted molar refractivity (Wildman–Crippen MR) is 83.7 cm³/mol. The summed E-state index contributed by atoms with van der Waals surface area (Å²) >= 11 is 0. The Balaban J connectivity index is 1.71. The minimum absolute atomic E-state index is 1.09. The Morgan fingerprint density at radius 2 is 1.24 bits per heavy atom. The van der Waals surface area contributed by atoms with Gasteiger partial charge >= 0.3 is 0 Å². The fourth-order valence-corrected chi connectivity index (χ4v) is 2.52. The van der Waals surface area contributed by atoms with Gasteiger partial charge in [-0.1, -0.05) is 26.7 Å². The van der Waals surface area contributed by atoms with Crippen molar-refractivity contribution >= 4 is 0 Å². The lowest BCUT2D eigenvalue weighted by molar-refractivity contribution is -0.698. The Morgan fingerprint density at radius 1 is 0.714 bits per heavy atom. The zero-order chi connectivity index (χ0) is 14.9. The van der Waals surface area contributed by atoms with Gasteiger partial charge < -0.3 is 0 Å². The van der Waals surface area contributed by atoms with Crippen molar-refractivity contribution in [2.45, 2.75) is 72.1 Å². The van der Waals surface area contributed by atoms with E-state index < -0.39 is 0 Å². The zero-order valence-corrected chi connectivity index (χ0v) is 13.6. The Hall–Kier alpha value is -1.58. The minimum Gasteiger partial charge on any atom is -0.237 e. The van der Waals surface area contributed by atoms with Crippen LogP contribution in [0.4, 0.5) is 0 Å². The van der Waals surface area contributed by atoms with Crippen LogP contribution in [0.25, 0.3) is 0 Å². The summed E-state index contributed by atoms with van der Waals surface area (Å²) in [5.41, 5.74) is 0. The molecule has 0 amide bonds. The highest BCUT2D eigenvalue weighted by molar-refractivity contribution is 4.67. The molecule has 0 radical (unpaired) electrons. The highest BCUT2D eigenvalue weighted by Gasteiger charge is 2.06. The molecule has 0 atom stereocenters. The van der Waals surface area contributed by atoms with Gasteiger partial charge in [0.15, 0.2) is 0 Å². The van der Waals surface area contributed by atoms with Crippen molar-refractivity contribution in [3.63, 3.8) is 0 Å². The van der Waals surface area contributed by atoms with Crippen molar-refractivity contribution in [3.8, 4) is 0 Å². The molecule has 0 aromatic carbocycles. The summed E-state index contributed by atoms with van der Waals surface area (Å²) in [6, 6.07) is 0. The highest BCUT2D eigenvalue weighted by atomic mass is 15.1. The van der Waals surface area contributed by atoms with E-state index in [9.17, 15) is 0 Å². The fraction of sp³-hybridized carbons (Fsp3) is 0.647. The smallest absolute Gasteiger partial charge is 0.237 e. The monoisotopic (exact) mass is 290 g/mol. The lowest BCUT2D eigenvalue weighted by atomic mass is 10.3. The van der Waals surface area contributed by atoms with E-state index in [1.54, 1.807) is 0 Å². The highest BCUT2D eigenvalue weighted by Crippen LogP contribution is 1.95. The Bertz CT molecular complexity index is 466. The largest absolute Gasteiger partial charge is 0.243 e. The standard InChI is InChI=1S/C17H30N4/c1-3-5-8-18-12-14-20(16-18)10-7-11-21-15-13-19(17-21)9-6-4-2/h12-17H,3-11H2,1-2H3/q+2. The maximum Gasteiger partial charge on any atom is 0.243 e. The molecule has 116 valence electrons. The summed E-state index contributed by atoms with van der Waals surface area (Å²) in [6.45, 7) is 8.93. The summed E-state index contributed by atoms with van der Waals surface area (Å²) in [5.74, 6) is 0. The fourth-order valence-electron chi connectivity index (χ4n) is 2.52. The third-order valence-corrected chi connectivity index (χ3v) is 3.86. The lowest BCUT2D eigenvalue weighted by Crippen LogP contribution is -2.32. The molecule has 0 spiro atoms. The molecule has 0 saturated heterocycles. The number of hydrogen-bond donors (Lipinski definition) is 0. The van der Waals surface area contributed by atoms with Crippen LogP contribution in [0, 0.1) is 0 Å². The number of rotatable bonds is 10. The van der Waals surface area contributed by atoms with Crippen LogP contribution in [0.5, 0.6) is 0 Å². The van der Waals surface area contributed by atoms with E-state index in [-0.39, 0.29) is 0 Å². The molecule has 4 nitrogen and oxygen atoms in total. The Morgan fingerprint density at radius 3 is 1.81 bits per heavy atom. The summed E-state index contributed by atoms with van der Waals surface area (Å²) in [7, 11) is 0. The summed E-state index contributed by atoms with van der Waals surface area (Å²) in [6.07, 6.45) is 19.4. The molecule has 0 bridgehead atoms. The van der Waals surface area contributed by atoms with Crippen molar-refractivity contribution in [2.24, 2.45) is 0 Å². The van der Waals surface area contributed by atoms with Crippen LogP contribution in [-0.2, 0) is 26.2 Å². The van der Waals surface area contributed by atoms with E-state index in [1.165, 1.54) is 32.1 Å². The van der Waals surface area contributed by atoms with Gasteiger partial charge in [0.2, 0.25) is 12.7 Å². The SMILES string of the molecule is CCCCn1cc[n+](CCCn2cc[n+](CCCC)c2)c1. The van der Waals surface area contributed by atoms with E-state index in [1.807, 2.05) is 0 Å². The molecule has 0 saturated carbocycles. The molecule has 4 heteroatoms. The second-order valence-electron chi connectivity index (χ2n) is 5.84. The number of hydrogen-bond acceptors (Lipinski definition) is 0. The van der Waals surface area contributed by atoms with Crippen LogP contribution >= 0.6 is 0 Å². The Kier molecular flexibility index (Phi) is 6.51. The van der Waals surface area contributed by atoms with Crippen LogP contribution in [0.3, 0.4) is 0 Å². The van der Waals surface area contributed by atoms with Gasteiger partial charge in [-0.25, -0.2) is 18.3 Å². The van der Waals surface area contributed by atoms with Crippen molar-refractivity contribution in [1.29, 1.82) is 0 Å². The molecule has 2 rings (SSSR count). The maximum absolute atomic E-state index is 2.30. The minimum atomic E-state index is 1.09. The predicted octanol–water partition coefficient (Wildman–Crippen LogP) is 2.56. The van der Waals surface area contributed by atoms with Crippen molar-refractivity contribution < 1.29 is 9.13 Å². The van der Waals surface area contributed by atoms with E-state index in [2.05, 4.69) is 69.6 Å².